The molecule has 0 aromatic heterocycles. The maximum atomic E-state index is 8.92. The molecule has 2 aliphatic heterocycles. The van der Waals surface area contributed by atoms with E-state index in [4.69, 9.17) is 1.37 Å². The van der Waals surface area contributed by atoms with Crippen LogP contribution in [0.3, 0.4) is 0 Å². The van der Waals surface area contributed by atoms with Gasteiger partial charge in [-0.3, -0.25) is 0 Å². The molecule has 4 rings (SSSR count). The van der Waals surface area contributed by atoms with Gasteiger partial charge in [0.1, 0.15) is 0 Å². The monoisotopic (exact) mass is 291 g/mol. The van der Waals surface area contributed by atoms with Crippen molar-refractivity contribution in [3.05, 3.63) is 70.9 Å². The van der Waals surface area contributed by atoms with Crippen LogP contribution in [0.1, 0.15) is 38.8 Å². The second-order valence-corrected chi connectivity index (χ2v) is 6.68. The van der Waals surface area contributed by atoms with Gasteiger partial charge in [-0.1, -0.05) is 42.5 Å². The number of hydrogen-bond donors (Lipinski definition) is 0. The van der Waals surface area contributed by atoms with Gasteiger partial charge in [-0.25, -0.2) is 0 Å². The highest BCUT2D eigenvalue weighted by atomic mass is 15.4. The Kier molecular flexibility index (Phi) is 2.46. The van der Waals surface area contributed by atoms with Crippen molar-refractivity contribution in [3.8, 4) is 0 Å². The summed E-state index contributed by atoms with van der Waals surface area (Å²) < 4.78 is 8.92. The Labute approximate surface area is 134 Å². The van der Waals surface area contributed by atoms with Gasteiger partial charge in [0.25, 0.3) is 0 Å². The molecule has 0 bridgehead atoms. The summed E-state index contributed by atoms with van der Waals surface area (Å²) in [4.78, 5) is 4.40. The molecule has 1 atom stereocenters. The first-order valence-electron chi connectivity index (χ1n) is 8.39. The molecule has 0 amide bonds. The minimum Gasteiger partial charge on any atom is -0.342 e. The summed E-state index contributed by atoms with van der Waals surface area (Å²) in [5.74, 6) is 0. The minimum absolute atomic E-state index is 0.170. The van der Waals surface area contributed by atoms with Crippen LogP contribution in [0, 0.1) is 6.92 Å². The smallest absolute Gasteiger partial charge is 0.0958 e. The molecule has 2 heterocycles. The first-order valence-corrected chi connectivity index (χ1v) is 7.82. The van der Waals surface area contributed by atoms with E-state index >= 15 is 0 Å². The zero-order valence-electron chi connectivity index (χ0n) is 14.6. The van der Waals surface area contributed by atoms with Gasteiger partial charge in [0, 0.05) is 16.9 Å². The number of fused-ring (bicyclic) bond motifs is 3. The molecule has 112 valence electrons. The van der Waals surface area contributed by atoms with Crippen LogP contribution in [-0.2, 0) is 5.54 Å². The molecule has 0 saturated carbocycles. The fraction of sp³-hybridized carbons (Fsp3) is 0.300. The number of anilines is 1. The van der Waals surface area contributed by atoms with E-state index in [1.807, 2.05) is 0 Å². The molecule has 1 unspecified atom stereocenters. The number of benzene rings is 2. The summed E-state index contributed by atoms with van der Waals surface area (Å²) in [6.07, 6.45) is 0. The molecule has 0 radical (unpaired) electrons. The number of hydrogen-bond acceptors (Lipinski definition) is 2. The molecule has 2 nitrogen and oxygen atoms in total. The van der Waals surface area contributed by atoms with Crippen LogP contribution < -0.4 is 4.90 Å². The average Bonchev–Trinajstić information content (AvgIpc) is 2.93. The zero-order valence-corrected chi connectivity index (χ0v) is 13.6. The van der Waals surface area contributed by atoms with Crippen LogP contribution in [-0.4, -0.2) is 11.5 Å². The standard InChI is InChI=1S/C20H22N2/c1-14-9-5-8-12-18(14)21-13-22-19(15(21)2)16-10-6-7-11-17(16)20(22,3)4/h5-12H,13H2,1-4H3/i13D. The third-order valence-corrected chi connectivity index (χ3v) is 4.99. The number of allylic oxidation sites excluding steroid dienone is 1. The van der Waals surface area contributed by atoms with Crippen molar-refractivity contribution in [2.45, 2.75) is 33.2 Å². The zero-order chi connectivity index (χ0) is 16.4. The van der Waals surface area contributed by atoms with Gasteiger partial charge < -0.3 is 9.80 Å². The van der Waals surface area contributed by atoms with Crippen molar-refractivity contribution in [1.82, 2.24) is 4.90 Å². The second kappa shape index (κ2) is 4.39. The highest BCUT2D eigenvalue weighted by Crippen LogP contribution is 2.50. The molecule has 2 aromatic rings. The van der Waals surface area contributed by atoms with E-state index in [1.54, 1.807) is 0 Å². The number of rotatable bonds is 1. The summed E-state index contributed by atoms with van der Waals surface area (Å²) in [5, 5.41) is 0. The molecule has 22 heavy (non-hydrogen) atoms. The second-order valence-electron chi connectivity index (χ2n) is 6.68. The number of aryl methyl sites for hydroxylation is 1. The van der Waals surface area contributed by atoms with Crippen LogP contribution >= 0.6 is 0 Å². The van der Waals surface area contributed by atoms with Gasteiger partial charge in [0.15, 0.2) is 0 Å². The molecule has 2 aliphatic rings. The van der Waals surface area contributed by atoms with Gasteiger partial charge in [0.05, 0.1) is 19.3 Å². The van der Waals surface area contributed by atoms with E-state index in [-0.39, 0.29) is 5.54 Å². The fourth-order valence-corrected chi connectivity index (χ4v) is 3.73. The Bertz CT molecular complexity index is 822. The maximum absolute atomic E-state index is 8.92. The minimum atomic E-state index is -0.437. The Morgan fingerprint density at radius 2 is 1.68 bits per heavy atom. The van der Waals surface area contributed by atoms with Crippen molar-refractivity contribution >= 4 is 11.4 Å². The normalized spacial score (nSPS) is 22.7. The number of para-hydroxylation sites is 1. The quantitative estimate of drug-likeness (QED) is 0.750. The Morgan fingerprint density at radius 3 is 2.45 bits per heavy atom. The largest absolute Gasteiger partial charge is 0.342 e. The molecule has 0 spiro atoms. The van der Waals surface area contributed by atoms with Crippen LogP contribution in [0.15, 0.2) is 54.2 Å². The molecular weight excluding hydrogens is 268 g/mol. The molecular formula is C20H22N2. The van der Waals surface area contributed by atoms with Crippen molar-refractivity contribution in [2.75, 3.05) is 11.5 Å². The summed E-state index contributed by atoms with van der Waals surface area (Å²) >= 11 is 0. The van der Waals surface area contributed by atoms with Crippen molar-refractivity contribution in [3.63, 3.8) is 0 Å². The SMILES string of the molecule is [2H]C1N(c2ccccc2C)C(C)=C2c3ccccc3C(C)(C)N21. The van der Waals surface area contributed by atoms with Crippen LogP contribution in [0.25, 0.3) is 5.70 Å². The summed E-state index contributed by atoms with van der Waals surface area (Å²) in [6, 6.07) is 16.9. The lowest BCUT2D eigenvalue weighted by molar-refractivity contribution is 0.233. The third-order valence-electron chi connectivity index (χ3n) is 4.99. The van der Waals surface area contributed by atoms with E-state index in [2.05, 4.69) is 86.0 Å². The number of nitrogens with zero attached hydrogens (tertiary/aromatic N) is 2. The lowest BCUT2D eigenvalue weighted by Crippen LogP contribution is -2.37. The van der Waals surface area contributed by atoms with Crippen LogP contribution in [0.2, 0.25) is 0 Å². The topological polar surface area (TPSA) is 6.48 Å². The highest BCUT2D eigenvalue weighted by Gasteiger charge is 2.45. The first kappa shape index (κ1) is 12.3. The van der Waals surface area contributed by atoms with Crippen molar-refractivity contribution in [1.29, 1.82) is 0 Å². The molecule has 0 aliphatic carbocycles. The molecule has 0 N–H and O–H groups in total. The first-order chi connectivity index (χ1) is 10.9. The molecule has 2 heteroatoms. The fourth-order valence-electron chi connectivity index (χ4n) is 3.73. The van der Waals surface area contributed by atoms with Gasteiger partial charge >= 0.3 is 0 Å². The highest BCUT2D eigenvalue weighted by molar-refractivity contribution is 5.81. The van der Waals surface area contributed by atoms with Gasteiger partial charge in [-0.05, 0) is 44.9 Å². The Hall–Kier alpha value is -2.22. The van der Waals surface area contributed by atoms with E-state index in [1.165, 1.54) is 22.4 Å². The third kappa shape index (κ3) is 1.61. The maximum Gasteiger partial charge on any atom is 0.0958 e. The average molecular weight is 291 g/mol. The lowest BCUT2D eigenvalue weighted by Gasteiger charge is -2.34. The molecule has 0 saturated heterocycles. The summed E-state index contributed by atoms with van der Waals surface area (Å²) in [5.41, 5.74) is 7.11. The predicted octanol–water partition coefficient (Wildman–Crippen LogP) is 4.71. The van der Waals surface area contributed by atoms with E-state index in [0.717, 1.165) is 11.4 Å². The van der Waals surface area contributed by atoms with Crippen molar-refractivity contribution < 1.29 is 1.37 Å². The van der Waals surface area contributed by atoms with E-state index in [0.29, 0.717) is 0 Å². The van der Waals surface area contributed by atoms with Crippen molar-refractivity contribution in [2.24, 2.45) is 0 Å². The summed E-state index contributed by atoms with van der Waals surface area (Å²) in [7, 11) is 0. The van der Waals surface area contributed by atoms with Gasteiger partial charge in [-0.2, -0.15) is 0 Å². The van der Waals surface area contributed by atoms with Crippen LogP contribution in [0.4, 0.5) is 5.69 Å². The van der Waals surface area contributed by atoms with E-state index < -0.39 is 6.64 Å². The lowest BCUT2D eigenvalue weighted by atomic mass is 9.93. The summed E-state index contributed by atoms with van der Waals surface area (Å²) in [6.45, 7) is 8.25. The van der Waals surface area contributed by atoms with E-state index in [9.17, 15) is 0 Å². The van der Waals surface area contributed by atoms with Crippen LogP contribution in [0.5, 0.6) is 0 Å². The molecule has 2 aromatic carbocycles. The Morgan fingerprint density at radius 1 is 1.00 bits per heavy atom. The Balaban J connectivity index is 1.95. The predicted molar refractivity (Wildman–Crippen MR) is 92.4 cm³/mol. The van der Waals surface area contributed by atoms with Gasteiger partial charge in [-0.15, -0.1) is 0 Å². The van der Waals surface area contributed by atoms with Gasteiger partial charge in [0.2, 0.25) is 0 Å². The molecule has 0 fully saturated rings.